The second-order valence-electron chi connectivity index (χ2n) is 11.9. The smallest absolute Gasteiger partial charge is 0.220 e. The topological polar surface area (TPSA) is 176 Å². The first kappa shape index (κ1) is 42.2. The molecule has 1 saturated heterocycles. The van der Waals surface area contributed by atoms with E-state index in [0.717, 1.165) is 51.4 Å². The molecule has 0 aromatic rings. The van der Waals surface area contributed by atoms with Crippen molar-refractivity contribution in [2.24, 2.45) is 0 Å². The third kappa shape index (κ3) is 19.5. The molecule has 1 amide bonds. The molecule has 1 aliphatic heterocycles. The highest BCUT2D eigenvalue weighted by Gasteiger charge is 2.46. The Balaban J connectivity index is 2.63. The quantitative estimate of drug-likeness (QED) is 0.0201. The average molecular weight is 668 g/mol. The van der Waals surface area contributed by atoms with Crippen LogP contribution in [0.2, 0.25) is 0 Å². The third-order valence-corrected chi connectivity index (χ3v) is 8.46. The van der Waals surface area contributed by atoms with Crippen LogP contribution >= 0.6 is 12.3 Å². The average Bonchev–Trinajstić information content (AvgIpc) is 3.03. The van der Waals surface area contributed by atoms with Crippen LogP contribution in [-0.4, -0.2) is 87.7 Å². The van der Waals surface area contributed by atoms with Crippen LogP contribution in [0.5, 0.6) is 0 Å². The van der Waals surface area contributed by atoms with Crippen molar-refractivity contribution in [3.63, 3.8) is 0 Å². The van der Waals surface area contributed by atoms with Gasteiger partial charge in [0.25, 0.3) is 0 Å². The maximum Gasteiger partial charge on any atom is 0.220 e. The Hall–Kier alpha value is -0.840. The van der Waals surface area contributed by atoms with Crippen LogP contribution in [0.15, 0.2) is 12.2 Å². The summed E-state index contributed by atoms with van der Waals surface area (Å²) in [5, 5.41) is 56.3. The largest absolute Gasteiger partial charge is 0.394 e. The van der Waals surface area contributed by atoms with Crippen LogP contribution in [0, 0.1) is 0 Å². The number of unbranched alkanes of at least 4 members (excludes halogenated alkanes) is 15. The number of hydrogen-bond acceptors (Lipinski definition) is 12. The molecule has 6 N–H and O–H groups in total. The van der Waals surface area contributed by atoms with Crippen molar-refractivity contribution in [1.29, 1.82) is 0 Å². The van der Waals surface area contributed by atoms with Crippen LogP contribution in [0.25, 0.3) is 0 Å². The number of nitrogens with one attached hydrogen (secondary N) is 1. The second kappa shape index (κ2) is 28.2. The predicted molar refractivity (Wildman–Crippen MR) is 173 cm³/mol. The number of amides is 1. The van der Waals surface area contributed by atoms with Crippen LogP contribution in [0.1, 0.15) is 129 Å². The maximum absolute atomic E-state index is 12.7. The molecule has 0 saturated carbocycles. The fourth-order valence-electron chi connectivity index (χ4n) is 5.27. The first-order chi connectivity index (χ1) is 21.9. The Morgan fingerprint density at radius 2 is 1.47 bits per heavy atom. The van der Waals surface area contributed by atoms with Gasteiger partial charge in [-0.25, -0.2) is 5.26 Å². The zero-order valence-corrected chi connectivity index (χ0v) is 28.2. The number of rotatable bonds is 29. The molecular formula is C32H61NO11S. The molecule has 0 aliphatic carbocycles. The van der Waals surface area contributed by atoms with Crippen molar-refractivity contribution in [3.05, 3.63) is 12.2 Å². The summed E-state index contributed by atoms with van der Waals surface area (Å²) in [7, 11) is 0. The van der Waals surface area contributed by atoms with Crippen LogP contribution in [0.3, 0.4) is 0 Å². The first-order valence-electron chi connectivity index (χ1n) is 17.1. The number of carbonyl (C=O) groups is 1. The van der Waals surface area contributed by atoms with Crippen molar-refractivity contribution in [1.82, 2.24) is 5.32 Å². The minimum Gasteiger partial charge on any atom is -0.394 e. The summed E-state index contributed by atoms with van der Waals surface area (Å²) < 4.78 is 20.6. The molecule has 0 aromatic heterocycles. The van der Waals surface area contributed by atoms with Crippen LogP contribution in [0.4, 0.5) is 0 Å². The number of hydrogen-bond donors (Lipinski definition) is 6. The summed E-state index contributed by atoms with van der Waals surface area (Å²) >= 11 is 0.163. The molecule has 12 nitrogen and oxygen atoms in total. The van der Waals surface area contributed by atoms with Gasteiger partial charge in [-0.3, -0.25) is 8.98 Å². The predicted octanol–water partition coefficient (Wildman–Crippen LogP) is 5.28. The SMILES string of the molecule is CCCCCCCCCCCCC/C=C/[C@@H](O)[C@H](COC1OC(CO)C(O)C(OSOOO)C1O)NC(=O)CCCCCCC. The molecule has 0 spiro atoms. The van der Waals surface area contributed by atoms with Gasteiger partial charge in [-0.1, -0.05) is 121 Å². The lowest BCUT2D eigenvalue weighted by Gasteiger charge is -2.41. The van der Waals surface area contributed by atoms with E-state index in [1.54, 1.807) is 6.08 Å². The van der Waals surface area contributed by atoms with Crippen LogP contribution < -0.4 is 5.32 Å². The van der Waals surface area contributed by atoms with E-state index in [-0.39, 0.29) is 24.8 Å². The minimum absolute atomic E-state index is 0.163. The van der Waals surface area contributed by atoms with Gasteiger partial charge in [-0.05, 0) is 19.3 Å². The number of carbonyl (C=O) groups excluding carboxylic acids is 1. The first-order valence-corrected chi connectivity index (χ1v) is 17.7. The summed E-state index contributed by atoms with van der Waals surface area (Å²) in [4.78, 5) is 12.7. The molecule has 0 bridgehead atoms. The molecular weight excluding hydrogens is 606 g/mol. The molecule has 45 heavy (non-hydrogen) atoms. The van der Waals surface area contributed by atoms with Gasteiger partial charge in [0.05, 0.1) is 25.4 Å². The Morgan fingerprint density at radius 3 is 2.04 bits per heavy atom. The van der Waals surface area contributed by atoms with Gasteiger partial charge in [0.2, 0.25) is 5.91 Å². The van der Waals surface area contributed by atoms with Crippen molar-refractivity contribution in [2.45, 2.75) is 172 Å². The Kier molecular flexibility index (Phi) is 26.4. The lowest BCUT2D eigenvalue weighted by Crippen LogP contribution is -2.60. The fourth-order valence-corrected chi connectivity index (χ4v) is 5.64. The molecule has 1 fully saturated rings. The van der Waals surface area contributed by atoms with Gasteiger partial charge in [0.1, 0.15) is 24.4 Å². The lowest BCUT2D eigenvalue weighted by atomic mass is 9.99. The standard InChI is InChI=1S/C32H61NO11S/c1-3-5-7-9-10-11-12-13-14-15-16-18-19-21-26(35)25(33-28(36)22-20-17-8-6-4-2)24-40-32-30(38)31(42-45-44-43-39)29(37)27(23-34)41-32/h19,21,25-27,29-32,34-35,37-39H,3-18,20,22-24H2,1-2H3,(H,33,36)/b21-19+/t25-,26+,27?,29?,30?,31?,32?/m0/s1. The summed E-state index contributed by atoms with van der Waals surface area (Å²) in [5.41, 5.74) is 0. The van der Waals surface area contributed by atoms with E-state index in [4.69, 9.17) is 18.9 Å². The van der Waals surface area contributed by atoms with Gasteiger partial charge in [-0.15, -0.1) is 4.33 Å². The number of aliphatic hydroxyl groups excluding tert-OH is 4. The third-order valence-electron chi connectivity index (χ3n) is 8.04. The van der Waals surface area contributed by atoms with Gasteiger partial charge in [0.15, 0.2) is 18.6 Å². The number of aliphatic hydroxyl groups is 4. The summed E-state index contributed by atoms with van der Waals surface area (Å²) in [6, 6.07) is -0.836. The van der Waals surface area contributed by atoms with E-state index in [1.165, 1.54) is 57.8 Å². The highest BCUT2D eigenvalue weighted by molar-refractivity contribution is 7.89. The van der Waals surface area contributed by atoms with Crippen molar-refractivity contribution in [3.8, 4) is 0 Å². The second-order valence-corrected chi connectivity index (χ2v) is 12.4. The normalized spacial score (nSPS) is 23.4. The van der Waals surface area contributed by atoms with Gasteiger partial charge in [-0.2, -0.15) is 0 Å². The van der Waals surface area contributed by atoms with Crippen LogP contribution in [-0.2, 0) is 27.8 Å². The van der Waals surface area contributed by atoms with Crippen molar-refractivity contribution < 1.29 is 53.5 Å². The Bertz CT molecular complexity index is 735. The molecule has 0 aromatic carbocycles. The number of allylic oxidation sites excluding steroid dienone is 1. The molecule has 1 heterocycles. The molecule has 7 atom stereocenters. The Morgan fingerprint density at radius 1 is 0.889 bits per heavy atom. The minimum atomic E-state index is -1.54. The summed E-state index contributed by atoms with van der Waals surface area (Å²) in [6.07, 6.45) is 15.6. The Labute approximate surface area is 274 Å². The van der Waals surface area contributed by atoms with Gasteiger partial charge < -0.3 is 35.2 Å². The highest BCUT2D eigenvalue weighted by atomic mass is 32.2. The lowest BCUT2D eigenvalue weighted by molar-refractivity contribution is -0.435. The highest BCUT2D eigenvalue weighted by Crippen LogP contribution is 2.28. The molecule has 0 radical (unpaired) electrons. The summed E-state index contributed by atoms with van der Waals surface area (Å²) in [5.74, 6) is -0.217. The maximum atomic E-state index is 12.7. The zero-order valence-electron chi connectivity index (χ0n) is 27.4. The van der Waals surface area contributed by atoms with E-state index in [2.05, 4.69) is 28.5 Å². The number of ether oxygens (including phenoxy) is 2. The monoisotopic (exact) mass is 667 g/mol. The fraction of sp³-hybridized carbons (Fsp3) is 0.906. The zero-order chi connectivity index (χ0) is 33.1. The molecule has 266 valence electrons. The van der Waals surface area contributed by atoms with Crippen molar-refractivity contribution in [2.75, 3.05) is 13.2 Å². The molecule has 13 heteroatoms. The molecule has 1 aliphatic rings. The van der Waals surface area contributed by atoms with Gasteiger partial charge >= 0.3 is 0 Å². The molecule has 5 unspecified atom stereocenters. The van der Waals surface area contributed by atoms with Crippen molar-refractivity contribution >= 4 is 18.2 Å². The molecule has 1 rings (SSSR count). The van der Waals surface area contributed by atoms with Gasteiger partial charge in [0, 0.05) is 6.42 Å². The van der Waals surface area contributed by atoms with E-state index >= 15 is 0 Å². The van der Waals surface area contributed by atoms with E-state index in [1.807, 2.05) is 6.08 Å². The van der Waals surface area contributed by atoms with E-state index in [0.29, 0.717) is 6.42 Å². The van der Waals surface area contributed by atoms with E-state index in [9.17, 15) is 25.2 Å². The van der Waals surface area contributed by atoms with E-state index < -0.39 is 49.5 Å². The summed E-state index contributed by atoms with van der Waals surface area (Å²) in [6.45, 7) is 3.54.